The summed E-state index contributed by atoms with van der Waals surface area (Å²) in [5, 5.41) is 2.10. The van der Waals surface area contributed by atoms with Gasteiger partial charge in [0.15, 0.2) is 5.13 Å². The molecule has 158 valence electrons. The molecule has 29 heavy (non-hydrogen) atoms. The fraction of sp³-hybridized carbons (Fsp3) is 0.412. The van der Waals surface area contributed by atoms with E-state index in [-0.39, 0.29) is 26.6 Å². The van der Waals surface area contributed by atoms with Gasteiger partial charge in [0.05, 0.1) is 17.1 Å². The summed E-state index contributed by atoms with van der Waals surface area (Å²) in [5.41, 5.74) is 0.0952. The van der Waals surface area contributed by atoms with Crippen molar-refractivity contribution in [3.05, 3.63) is 38.8 Å². The third-order valence-electron chi connectivity index (χ3n) is 3.66. The number of benzene rings is 1. The molecule has 1 aliphatic heterocycles. The number of aromatic nitrogens is 1. The highest BCUT2D eigenvalue weighted by Crippen LogP contribution is 2.31. The summed E-state index contributed by atoms with van der Waals surface area (Å²) in [6.07, 6.45) is -0.288. The number of carbonyl (C=O) groups is 1. The highest BCUT2D eigenvalue weighted by atomic mass is 35.5. The average Bonchev–Trinajstić information content (AvgIpc) is 2.92. The first-order chi connectivity index (χ1) is 13.4. The summed E-state index contributed by atoms with van der Waals surface area (Å²) in [6.45, 7) is 5.95. The molecule has 0 unspecified atom stereocenters. The van der Waals surface area contributed by atoms with Crippen LogP contribution in [0.15, 0.2) is 23.1 Å². The van der Waals surface area contributed by atoms with Crippen molar-refractivity contribution >= 4 is 55.8 Å². The molecule has 3 rings (SSSR count). The molecule has 0 radical (unpaired) electrons. The van der Waals surface area contributed by atoms with Crippen molar-refractivity contribution in [1.82, 2.24) is 10.0 Å². The fourth-order valence-corrected chi connectivity index (χ4v) is 5.50. The summed E-state index contributed by atoms with van der Waals surface area (Å²) < 4.78 is 32.8. The van der Waals surface area contributed by atoms with E-state index in [9.17, 15) is 13.2 Å². The lowest BCUT2D eigenvalue weighted by Crippen LogP contribution is -2.35. The fourth-order valence-electron chi connectivity index (χ4n) is 2.53. The molecule has 2 heterocycles. The number of sulfonamides is 1. The Bertz CT molecular complexity index is 1010. The van der Waals surface area contributed by atoms with E-state index in [2.05, 4.69) is 9.71 Å². The third-order valence-corrected chi connectivity index (χ3v) is 6.54. The molecule has 1 aromatic carbocycles. The molecule has 0 fully saturated rings. The smallest absolute Gasteiger partial charge is 0.427 e. The summed E-state index contributed by atoms with van der Waals surface area (Å²) in [4.78, 5) is 22.1. The Morgan fingerprint density at radius 1 is 1.24 bits per heavy atom. The number of nitrogens with zero attached hydrogens (tertiary/aromatic N) is 2. The van der Waals surface area contributed by atoms with Crippen LogP contribution < -0.4 is 4.72 Å². The summed E-state index contributed by atoms with van der Waals surface area (Å²) in [5.74, 6) is 0. The number of anilines is 1. The Balaban J connectivity index is 1.70. The van der Waals surface area contributed by atoms with Crippen LogP contribution in [-0.2, 0) is 32.6 Å². The van der Waals surface area contributed by atoms with E-state index in [0.29, 0.717) is 13.0 Å². The molecule has 8 nitrogen and oxygen atoms in total. The second-order valence-electron chi connectivity index (χ2n) is 7.27. The largest absolute Gasteiger partial charge is 0.528 e. The van der Waals surface area contributed by atoms with E-state index >= 15 is 0 Å². The van der Waals surface area contributed by atoms with E-state index < -0.39 is 21.8 Å². The standard InChI is InChI=1S/C17H19Cl2N3O5S2/c1-17(2,3)26-16(23)27-22-5-4-13-14(9-22)28-15(20-13)21-29(24,25)12-7-10(18)6-11(19)8-12/h6-8H,4-5,9H2,1-3H3,(H,20,21). The number of hydrogen-bond donors (Lipinski definition) is 1. The zero-order valence-corrected chi connectivity index (χ0v) is 19.0. The predicted molar refractivity (Wildman–Crippen MR) is 111 cm³/mol. The number of hydroxylamine groups is 2. The quantitative estimate of drug-likeness (QED) is 0.645. The van der Waals surface area contributed by atoms with Crippen molar-refractivity contribution in [2.45, 2.75) is 44.2 Å². The Morgan fingerprint density at radius 2 is 1.90 bits per heavy atom. The lowest BCUT2D eigenvalue weighted by atomic mass is 10.2. The minimum Gasteiger partial charge on any atom is -0.427 e. The second-order valence-corrected chi connectivity index (χ2v) is 10.9. The first kappa shape index (κ1) is 22.1. The van der Waals surface area contributed by atoms with Gasteiger partial charge in [0.1, 0.15) is 5.60 Å². The zero-order valence-electron chi connectivity index (χ0n) is 15.9. The minimum absolute atomic E-state index is 0.0574. The summed E-state index contributed by atoms with van der Waals surface area (Å²) >= 11 is 13.0. The van der Waals surface area contributed by atoms with Gasteiger partial charge < -0.3 is 9.57 Å². The van der Waals surface area contributed by atoms with E-state index in [1.165, 1.54) is 34.6 Å². The summed E-state index contributed by atoms with van der Waals surface area (Å²) in [7, 11) is -3.90. The van der Waals surface area contributed by atoms with Gasteiger partial charge in [0, 0.05) is 27.9 Å². The minimum atomic E-state index is -3.90. The molecule has 0 saturated carbocycles. The third kappa shape index (κ3) is 5.95. The van der Waals surface area contributed by atoms with Crippen molar-refractivity contribution in [2.24, 2.45) is 0 Å². The molecule has 0 atom stereocenters. The molecule has 1 N–H and O–H groups in total. The molecule has 12 heteroatoms. The normalized spacial score (nSPS) is 14.9. The van der Waals surface area contributed by atoms with Crippen molar-refractivity contribution in [2.75, 3.05) is 11.3 Å². The van der Waals surface area contributed by atoms with Crippen LogP contribution in [-0.4, -0.2) is 36.8 Å². The molecule has 1 aromatic heterocycles. The number of thiazole rings is 1. The Morgan fingerprint density at radius 3 is 2.52 bits per heavy atom. The van der Waals surface area contributed by atoms with Crippen molar-refractivity contribution < 1.29 is 22.8 Å². The lowest BCUT2D eigenvalue weighted by Gasteiger charge is -2.26. The van der Waals surface area contributed by atoms with Gasteiger partial charge in [0.2, 0.25) is 0 Å². The monoisotopic (exact) mass is 479 g/mol. The first-order valence-corrected chi connectivity index (χ1v) is 11.6. The van der Waals surface area contributed by atoms with Crippen molar-refractivity contribution in [3.8, 4) is 0 Å². The maximum absolute atomic E-state index is 12.6. The molecular formula is C17H19Cl2N3O5S2. The van der Waals surface area contributed by atoms with Gasteiger partial charge in [-0.15, -0.1) is 5.06 Å². The number of nitrogens with one attached hydrogen (secondary N) is 1. The number of hydrogen-bond acceptors (Lipinski definition) is 8. The van der Waals surface area contributed by atoms with E-state index in [4.69, 9.17) is 32.8 Å². The van der Waals surface area contributed by atoms with Gasteiger partial charge in [-0.1, -0.05) is 34.5 Å². The average molecular weight is 480 g/mol. The molecule has 0 bridgehead atoms. The van der Waals surface area contributed by atoms with Crippen LogP contribution >= 0.6 is 34.5 Å². The number of fused-ring (bicyclic) bond motifs is 1. The second kappa shape index (κ2) is 8.27. The highest BCUT2D eigenvalue weighted by Gasteiger charge is 2.27. The van der Waals surface area contributed by atoms with Gasteiger partial charge in [-0.05, 0) is 39.0 Å². The molecular weight excluding hydrogens is 461 g/mol. The van der Waals surface area contributed by atoms with Gasteiger partial charge >= 0.3 is 6.16 Å². The molecule has 0 amide bonds. The van der Waals surface area contributed by atoms with Crippen LogP contribution in [0.25, 0.3) is 0 Å². The molecule has 0 saturated heterocycles. The van der Waals surface area contributed by atoms with Gasteiger partial charge in [-0.25, -0.2) is 18.2 Å². The maximum Gasteiger partial charge on any atom is 0.528 e. The number of carbonyl (C=O) groups excluding carboxylic acids is 1. The van der Waals surface area contributed by atoms with Crippen molar-refractivity contribution in [3.63, 3.8) is 0 Å². The van der Waals surface area contributed by atoms with Crippen molar-refractivity contribution in [1.29, 1.82) is 0 Å². The van der Waals surface area contributed by atoms with E-state index in [0.717, 1.165) is 10.6 Å². The Kier molecular flexibility index (Phi) is 6.30. The molecule has 1 aliphatic rings. The van der Waals surface area contributed by atoms with Crippen LogP contribution in [0, 0.1) is 0 Å². The Hall–Kier alpha value is -1.59. The van der Waals surface area contributed by atoms with Gasteiger partial charge in [0.25, 0.3) is 10.0 Å². The van der Waals surface area contributed by atoms with Gasteiger partial charge in [-0.3, -0.25) is 4.72 Å². The topological polar surface area (TPSA) is 97.8 Å². The van der Waals surface area contributed by atoms with E-state index in [1.807, 2.05) is 0 Å². The molecule has 0 aliphatic carbocycles. The van der Waals surface area contributed by atoms with Crippen LogP contribution in [0.1, 0.15) is 31.3 Å². The zero-order chi connectivity index (χ0) is 21.4. The predicted octanol–water partition coefficient (Wildman–Crippen LogP) is 4.48. The highest BCUT2D eigenvalue weighted by molar-refractivity contribution is 7.93. The number of ether oxygens (including phenoxy) is 1. The van der Waals surface area contributed by atoms with Crippen LogP contribution in [0.3, 0.4) is 0 Å². The van der Waals surface area contributed by atoms with Crippen LogP contribution in [0.4, 0.5) is 9.93 Å². The lowest BCUT2D eigenvalue weighted by molar-refractivity contribution is -0.150. The summed E-state index contributed by atoms with van der Waals surface area (Å²) in [6, 6.07) is 4.06. The van der Waals surface area contributed by atoms with Crippen LogP contribution in [0.2, 0.25) is 10.0 Å². The maximum atomic E-state index is 12.6. The van der Waals surface area contributed by atoms with Gasteiger partial charge in [-0.2, -0.15) is 0 Å². The number of halogens is 2. The van der Waals surface area contributed by atoms with Crippen LogP contribution in [0.5, 0.6) is 0 Å². The first-order valence-electron chi connectivity index (χ1n) is 8.55. The SMILES string of the molecule is CC(C)(C)OC(=O)ON1CCc2nc(NS(=O)(=O)c3cc(Cl)cc(Cl)c3)sc2C1. The molecule has 0 spiro atoms. The van der Waals surface area contributed by atoms with E-state index in [1.54, 1.807) is 20.8 Å². The number of rotatable bonds is 4. The Labute approximate surface area is 182 Å². The molecule has 2 aromatic rings.